The van der Waals surface area contributed by atoms with Gasteiger partial charge in [0.25, 0.3) is 5.69 Å². The number of carbonyl (C=O) groups is 2. The van der Waals surface area contributed by atoms with Crippen molar-refractivity contribution in [3.8, 4) is 16.9 Å². The van der Waals surface area contributed by atoms with Gasteiger partial charge in [-0.1, -0.05) is 80.6 Å². The second-order valence-electron chi connectivity index (χ2n) is 10.3. The Morgan fingerprint density at radius 1 is 0.875 bits per heavy atom. The summed E-state index contributed by atoms with van der Waals surface area (Å²) in [6, 6.07) is 21.0. The Balaban J connectivity index is 1.18. The third-order valence-electron chi connectivity index (χ3n) is 7.66. The molecule has 40 heavy (non-hydrogen) atoms. The molecule has 0 aliphatic heterocycles. The van der Waals surface area contributed by atoms with E-state index in [1.165, 1.54) is 30.7 Å². The second kappa shape index (κ2) is 12.6. The highest BCUT2D eigenvalue weighted by Crippen LogP contribution is 2.44. The molecule has 0 unspecified atom stereocenters. The summed E-state index contributed by atoms with van der Waals surface area (Å²) in [5, 5.41) is 13.7. The average Bonchev–Trinajstić information content (AvgIpc) is 3.29. The van der Waals surface area contributed by atoms with Crippen LogP contribution in [0.3, 0.4) is 0 Å². The van der Waals surface area contributed by atoms with Crippen LogP contribution in [0.15, 0.2) is 72.8 Å². The molecule has 208 valence electrons. The molecule has 1 saturated carbocycles. The summed E-state index contributed by atoms with van der Waals surface area (Å²) in [4.78, 5) is 35.6. The number of nitro groups is 1. The Bertz CT molecular complexity index is 1310. The van der Waals surface area contributed by atoms with Gasteiger partial charge in [0, 0.05) is 18.1 Å². The number of hydrogen-bond donors (Lipinski definition) is 1. The van der Waals surface area contributed by atoms with Crippen molar-refractivity contribution in [3.63, 3.8) is 0 Å². The SMILES string of the molecule is O=C(N[C@H](COC(=O)Oc1ccc([N+](=O)[O-])cc1)CC1CCCCC1)OCC1c2ccccc2-c2ccccc21. The summed E-state index contributed by atoms with van der Waals surface area (Å²) in [6.07, 6.45) is 4.78. The van der Waals surface area contributed by atoms with E-state index in [1.54, 1.807) is 0 Å². The zero-order valence-corrected chi connectivity index (χ0v) is 22.1. The molecular weight excluding hydrogens is 512 g/mol. The van der Waals surface area contributed by atoms with Gasteiger partial charge in [0.2, 0.25) is 0 Å². The van der Waals surface area contributed by atoms with Crippen LogP contribution in [-0.4, -0.2) is 36.4 Å². The largest absolute Gasteiger partial charge is 0.513 e. The number of benzene rings is 3. The molecule has 3 aromatic carbocycles. The van der Waals surface area contributed by atoms with Crippen molar-refractivity contribution >= 4 is 17.9 Å². The standard InChI is InChI=1S/C31H32N2O7/c34-30(38-20-29-27-12-6-4-10-25(27)26-11-5-7-13-28(26)29)32-22(18-21-8-2-1-3-9-21)19-39-31(35)40-24-16-14-23(15-17-24)33(36)37/h4-7,10-17,21-22,29H,1-3,8-9,18-20H2,(H,32,34)/t22-/m0/s1. The van der Waals surface area contributed by atoms with Crippen LogP contribution in [0.5, 0.6) is 5.75 Å². The molecule has 3 aromatic rings. The van der Waals surface area contributed by atoms with E-state index in [0.717, 1.165) is 47.9 Å². The molecule has 5 rings (SSSR count). The molecule has 1 atom stereocenters. The van der Waals surface area contributed by atoms with Crippen LogP contribution in [0.4, 0.5) is 15.3 Å². The first-order valence-corrected chi connectivity index (χ1v) is 13.7. The van der Waals surface area contributed by atoms with Gasteiger partial charge in [-0.3, -0.25) is 10.1 Å². The molecule has 0 aromatic heterocycles. The van der Waals surface area contributed by atoms with Crippen LogP contribution in [0, 0.1) is 16.0 Å². The average molecular weight is 545 g/mol. The summed E-state index contributed by atoms with van der Waals surface area (Å²) >= 11 is 0. The number of nitrogens with zero attached hydrogens (tertiary/aromatic N) is 1. The van der Waals surface area contributed by atoms with Crippen molar-refractivity contribution in [2.45, 2.75) is 50.5 Å². The predicted octanol–water partition coefficient (Wildman–Crippen LogP) is 6.99. The first kappa shape index (κ1) is 27.2. The lowest BCUT2D eigenvalue weighted by Gasteiger charge is -2.27. The fraction of sp³-hybridized carbons (Fsp3) is 0.355. The molecule has 0 radical (unpaired) electrons. The fourth-order valence-electron chi connectivity index (χ4n) is 5.73. The summed E-state index contributed by atoms with van der Waals surface area (Å²) in [6.45, 7) is 0.117. The number of alkyl carbamates (subject to hydrolysis) is 1. The molecule has 0 heterocycles. The molecule has 1 N–H and O–H groups in total. The Morgan fingerprint density at radius 3 is 2.12 bits per heavy atom. The van der Waals surface area contributed by atoms with Gasteiger partial charge in [0.05, 0.1) is 11.0 Å². The van der Waals surface area contributed by atoms with Crippen molar-refractivity contribution in [1.82, 2.24) is 5.32 Å². The molecule has 2 aliphatic rings. The Kier molecular flexibility index (Phi) is 8.59. The normalized spacial score (nSPS) is 15.4. The molecule has 9 heteroatoms. The Morgan fingerprint density at radius 2 is 1.50 bits per heavy atom. The van der Waals surface area contributed by atoms with Crippen LogP contribution in [0.2, 0.25) is 0 Å². The minimum atomic E-state index is -0.947. The van der Waals surface area contributed by atoms with Gasteiger partial charge < -0.3 is 19.5 Å². The van der Waals surface area contributed by atoms with Crippen molar-refractivity contribution in [2.24, 2.45) is 5.92 Å². The summed E-state index contributed by atoms with van der Waals surface area (Å²) in [5.74, 6) is 0.494. The maximum atomic E-state index is 12.9. The minimum Gasteiger partial charge on any atom is -0.449 e. The topological polar surface area (TPSA) is 117 Å². The van der Waals surface area contributed by atoms with Crippen LogP contribution in [0.25, 0.3) is 11.1 Å². The number of rotatable bonds is 9. The molecular formula is C31H32N2O7. The molecule has 9 nitrogen and oxygen atoms in total. The Labute approximate surface area is 232 Å². The van der Waals surface area contributed by atoms with E-state index in [1.807, 2.05) is 24.3 Å². The van der Waals surface area contributed by atoms with Gasteiger partial charge >= 0.3 is 12.2 Å². The fourth-order valence-corrected chi connectivity index (χ4v) is 5.73. The van der Waals surface area contributed by atoms with Crippen molar-refractivity contribution < 1.29 is 28.7 Å². The number of nitro benzene ring substituents is 1. The number of fused-ring (bicyclic) bond motifs is 3. The third kappa shape index (κ3) is 6.59. The smallest absolute Gasteiger partial charge is 0.449 e. The highest BCUT2D eigenvalue weighted by molar-refractivity contribution is 5.79. The number of non-ortho nitro benzene ring substituents is 1. The molecule has 0 saturated heterocycles. The van der Waals surface area contributed by atoms with Gasteiger partial charge in [0.1, 0.15) is 19.0 Å². The summed E-state index contributed by atoms with van der Waals surface area (Å²) < 4.78 is 16.2. The van der Waals surface area contributed by atoms with Crippen molar-refractivity contribution in [3.05, 3.63) is 94.0 Å². The van der Waals surface area contributed by atoms with Gasteiger partial charge in [0.15, 0.2) is 0 Å². The van der Waals surface area contributed by atoms with Crippen LogP contribution >= 0.6 is 0 Å². The quantitative estimate of drug-likeness (QED) is 0.134. The highest BCUT2D eigenvalue weighted by atomic mass is 16.7. The van der Waals surface area contributed by atoms with E-state index in [0.29, 0.717) is 12.3 Å². The van der Waals surface area contributed by atoms with Gasteiger partial charge in [-0.05, 0) is 46.7 Å². The predicted molar refractivity (Wildman–Crippen MR) is 148 cm³/mol. The zero-order chi connectivity index (χ0) is 27.9. The third-order valence-corrected chi connectivity index (χ3v) is 7.66. The monoisotopic (exact) mass is 544 g/mol. The molecule has 1 amide bonds. The van der Waals surface area contributed by atoms with Crippen LogP contribution in [-0.2, 0) is 9.47 Å². The maximum Gasteiger partial charge on any atom is 0.513 e. The second-order valence-corrected chi connectivity index (χ2v) is 10.3. The van der Waals surface area contributed by atoms with E-state index in [2.05, 4.69) is 29.6 Å². The van der Waals surface area contributed by atoms with Crippen LogP contribution < -0.4 is 10.1 Å². The van der Waals surface area contributed by atoms with Crippen molar-refractivity contribution in [2.75, 3.05) is 13.2 Å². The number of amides is 1. The maximum absolute atomic E-state index is 12.9. The van der Waals surface area contributed by atoms with E-state index in [-0.39, 0.29) is 30.6 Å². The molecule has 2 aliphatic carbocycles. The highest BCUT2D eigenvalue weighted by Gasteiger charge is 2.30. The molecule has 1 fully saturated rings. The first-order chi connectivity index (χ1) is 19.5. The van der Waals surface area contributed by atoms with E-state index >= 15 is 0 Å². The van der Waals surface area contributed by atoms with Gasteiger partial charge in [-0.15, -0.1) is 0 Å². The summed E-state index contributed by atoms with van der Waals surface area (Å²) in [5.41, 5.74) is 4.46. The Hall–Kier alpha value is -4.40. The van der Waals surface area contributed by atoms with E-state index in [4.69, 9.17) is 14.2 Å². The lowest BCUT2D eigenvalue weighted by molar-refractivity contribution is -0.384. The van der Waals surface area contributed by atoms with E-state index in [9.17, 15) is 19.7 Å². The zero-order valence-electron chi connectivity index (χ0n) is 22.1. The van der Waals surface area contributed by atoms with Crippen molar-refractivity contribution in [1.29, 1.82) is 0 Å². The number of ether oxygens (including phenoxy) is 3. The molecule has 0 bridgehead atoms. The lowest BCUT2D eigenvalue weighted by atomic mass is 9.85. The van der Waals surface area contributed by atoms with Crippen LogP contribution in [0.1, 0.15) is 55.6 Å². The first-order valence-electron chi connectivity index (χ1n) is 13.7. The number of carbonyl (C=O) groups excluding carboxylic acids is 2. The number of hydrogen-bond acceptors (Lipinski definition) is 7. The van der Waals surface area contributed by atoms with E-state index < -0.39 is 23.2 Å². The summed E-state index contributed by atoms with van der Waals surface area (Å²) in [7, 11) is 0. The minimum absolute atomic E-state index is 0.0529. The van der Waals surface area contributed by atoms with Gasteiger partial charge in [-0.2, -0.15) is 0 Å². The molecule has 0 spiro atoms. The lowest BCUT2D eigenvalue weighted by Crippen LogP contribution is -2.41. The number of nitrogens with one attached hydrogen (secondary N) is 1. The van der Waals surface area contributed by atoms with Gasteiger partial charge in [-0.25, -0.2) is 9.59 Å².